The Morgan fingerprint density at radius 1 is 0.327 bits per heavy atom. The van der Waals surface area contributed by atoms with Crippen LogP contribution in [0.1, 0.15) is 0 Å². The average Bonchev–Trinajstić information content (AvgIpc) is 3.74. The molecule has 230 valence electrons. The highest BCUT2D eigenvalue weighted by Gasteiger charge is 2.24. The third-order valence-corrected chi connectivity index (χ3v) is 11.9. The fraction of sp³-hybridized carbons (Fsp3) is 0. The molecule has 0 bridgehead atoms. The molecule has 0 unspecified atom stereocenters. The van der Waals surface area contributed by atoms with Crippen molar-refractivity contribution in [2.45, 2.75) is 0 Å². The summed E-state index contributed by atoms with van der Waals surface area (Å²) in [4.78, 5) is 2.53. The minimum Gasteiger partial charge on any atom is -0.309 e. The standard InChI is InChI=1S/C46H29NS2/c1-2-17-33-30(13-1)14-10-21-34(33)31-15-9-16-32(29-31)35-18-3-6-22-38(35)47(39-23-11-27-43-45(39)36-19-4-7-25-41(36)48-43)40-24-12-28-44-46(40)37-20-5-8-26-42(37)49-44/h1-29H. The predicted molar refractivity (Wildman–Crippen MR) is 215 cm³/mol. The van der Waals surface area contributed by atoms with Crippen molar-refractivity contribution in [1.29, 1.82) is 0 Å². The molecule has 0 radical (unpaired) electrons. The first-order valence-electron chi connectivity index (χ1n) is 16.6. The van der Waals surface area contributed by atoms with Crippen molar-refractivity contribution in [3.05, 3.63) is 176 Å². The largest absolute Gasteiger partial charge is 0.309 e. The number of fused-ring (bicyclic) bond motifs is 7. The number of hydrogen-bond acceptors (Lipinski definition) is 3. The van der Waals surface area contributed by atoms with E-state index < -0.39 is 0 Å². The average molecular weight is 660 g/mol. The number of thiophene rings is 2. The molecule has 0 spiro atoms. The van der Waals surface area contributed by atoms with E-state index in [0.29, 0.717) is 0 Å². The molecule has 3 heteroatoms. The Morgan fingerprint density at radius 3 is 1.47 bits per heavy atom. The highest BCUT2D eigenvalue weighted by molar-refractivity contribution is 7.26. The number of hydrogen-bond donors (Lipinski definition) is 0. The van der Waals surface area contributed by atoms with Crippen molar-refractivity contribution in [2.24, 2.45) is 0 Å². The molecule has 2 heterocycles. The van der Waals surface area contributed by atoms with Gasteiger partial charge in [-0.3, -0.25) is 0 Å². The summed E-state index contributed by atoms with van der Waals surface area (Å²) in [6.45, 7) is 0. The van der Waals surface area contributed by atoms with E-state index in [4.69, 9.17) is 0 Å². The van der Waals surface area contributed by atoms with Gasteiger partial charge in [0.15, 0.2) is 0 Å². The fourth-order valence-corrected chi connectivity index (χ4v) is 9.77. The summed E-state index contributed by atoms with van der Waals surface area (Å²) in [5.74, 6) is 0. The number of nitrogens with zero attached hydrogens (tertiary/aromatic N) is 1. The summed E-state index contributed by atoms with van der Waals surface area (Å²) >= 11 is 3.74. The quantitative estimate of drug-likeness (QED) is 0.178. The van der Waals surface area contributed by atoms with E-state index in [2.05, 4.69) is 181 Å². The Balaban J connectivity index is 1.27. The zero-order valence-electron chi connectivity index (χ0n) is 26.5. The van der Waals surface area contributed by atoms with Crippen LogP contribution >= 0.6 is 22.7 Å². The van der Waals surface area contributed by atoms with Crippen molar-refractivity contribution in [2.75, 3.05) is 4.90 Å². The van der Waals surface area contributed by atoms with Crippen LogP contribution in [0.4, 0.5) is 17.1 Å². The maximum atomic E-state index is 2.53. The summed E-state index contributed by atoms with van der Waals surface area (Å²) in [5, 5.41) is 7.69. The molecule has 0 aliphatic heterocycles. The molecule has 0 saturated carbocycles. The van der Waals surface area contributed by atoms with Gasteiger partial charge in [-0.15, -0.1) is 22.7 Å². The highest BCUT2D eigenvalue weighted by Crippen LogP contribution is 2.50. The normalized spacial score (nSPS) is 11.7. The molecular formula is C46H29NS2. The lowest BCUT2D eigenvalue weighted by atomic mass is 9.94. The van der Waals surface area contributed by atoms with Crippen molar-refractivity contribution in [1.82, 2.24) is 0 Å². The van der Waals surface area contributed by atoms with Gasteiger partial charge in [0.2, 0.25) is 0 Å². The molecule has 0 N–H and O–H groups in total. The molecule has 1 nitrogen and oxygen atoms in total. The SMILES string of the molecule is c1cc(-c2ccccc2N(c2cccc3sc4ccccc4c23)c2cccc3sc4ccccc4c23)cc(-c2cccc3ccccc23)c1. The Kier molecular flexibility index (Phi) is 6.61. The van der Waals surface area contributed by atoms with E-state index in [-0.39, 0.29) is 0 Å². The topological polar surface area (TPSA) is 3.24 Å². The maximum Gasteiger partial charge on any atom is 0.0555 e. The zero-order chi connectivity index (χ0) is 32.3. The summed E-state index contributed by atoms with van der Waals surface area (Å²) in [6.07, 6.45) is 0. The highest BCUT2D eigenvalue weighted by atomic mass is 32.1. The fourth-order valence-electron chi connectivity index (χ4n) is 7.52. The minimum atomic E-state index is 1.16. The van der Waals surface area contributed by atoms with Crippen LogP contribution in [-0.4, -0.2) is 0 Å². The molecule has 0 aliphatic rings. The van der Waals surface area contributed by atoms with Crippen molar-refractivity contribution < 1.29 is 0 Å². The van der Waals surface area contributed by atoms with Gasteiger partial charge in [0, 0.05) is 45.9 Å². The maximum absolute atomic E-state index is 2.53. The second-order valence-electron chi connectivity index (χ2n) is 12.5. The summed E-state index contributed by atoms with van der Waals surface area (Å²) in [6, 6.07) is 64.5. The number of benzene rings is 8. The van der Waals surface area contributed by atoms with Crippen molar-refractivity contribution >= 4 is 90.9 Å². The van der Waals surface area contributed by atoms with Crippen LogP contribution in [0.25, 0.3) is 73.4 Å². The molecule has 0 fully saturated rings. The predicted octanol–water partition coefficient (Wildman–Crippen LogP) is 14.4. The first kappa shape index (κ1) is 28.3. The van der Waals surface area contributed by atoms with E-state index in [1.807, 2.05) is 22.7 Å². The van der Waals surface area contributed by atoms with Gasteiger partial charge in [0.05, 0.1) is 17.1 Å². The lowest BCUT2D eigenvalue weighted by Gasteiger charge is -2.29. The van der Waals surface area contributed by atoms with Gasteiger partial charge in [-0.05, 0) is 76.0 Å². The van der Waals surface area contributed by atoms with Crippen molar-refractivity contribution in [3.8, 4) is 22.3 Å². The molecule has 8 aromatic carbocycles. The van der Waals surface area contributed by atoms with E-state index in [1.165, 1.54) is 84.7 Å². The number of anilines is 3. The molecule has 0 aliphatic carbocycles. The minimum absolute atomic E-state index is 1.16. The summed E-state index contributed by atoms with van der Waals surface area (Å²) < 4.78 is 5.20. The Hall–Kier alpha value is -5.74. The van der Waals surface area contributed by atoms with Gasteiger partial charge in [0.1, 0.15) is 0 Å². The van der Waals surface area contributed by atoms with Gasteiger partial charge < -0.3 is 4.90 Å². The zero-order valence-corrected chi connectivity index (χ0v) is 28.1. The monoisotopic (exact) mass is 659 g/mol. The van der Waals surface area contributed by atoms with Crippen LogP contribution in [0.5, 0.6) is 0 Å². The van der Waals surface area contributed by atoms with Gasteiger partial charge in [-0.2, -0.15) is 0 Å². The molecule has 0 amide bonds. The van der Waals surface area contributed by atoms with Crippen molar-refractivity contribution in [3.63, 3.8) is 0 Å². The molecule has 10 rings (SSSR count). The van der Waals surface area contributed by atoms with Gasteiger partial charge >= 0.3 is 0 Å². The van der Waals surface area contributed by atoms with E-state index >= 15 is 0 Å². The molecule has 10 aromatic rings. The van der Waals surface area contributed by atoms with Crippen LogP contribution < -0.4 is 4.90 Å². The summed E-state index contributed by atoms with van der Waals surface area (Å²) in [7, 11) is 0. The van der Waals surface area contributed by atoms with Gasteiger partial charge in [-0.25, -0.2) is 0 Å². The van der Waals surface area contributed by atoms with Crippen LogP contribution in [0, 0.1) is 0 Å². The van der Waals surface area contributed by atoms with Crippen LogP contribution in [-0.2, 0) is 0 Å². The van der Waals surface area contributed by atoms with E-state index in [0.717, 1.165) is 5.69 Å². The van der Waals surface area contributed by atoms with Crippen LogP contribution in [0.2, 0.25) is 0 Å². The van der Waals surface area contributed by atoms with E-state index in [9.17, 15) is 0 Å². The lowest BCUT2D eigenvalue weighted by molar-refractivity contribution is 1.32. The molecule has 0 atom stereocenters. The molecular weight excluding hydrogens is 631 g/mol. The third-order valence-electron chi connectivity index (χ3n) is 9.66. The number of rotatable bonds is 5. The number of para-hydroxylation sites is 1. The second kappa shape index (κ2) is 11.5. The van der Waals surface area contributed by atoms with Crippen LogP contribution in [0.3, 0.4) is 0 Å². The first-order valence-corrected chi connectivity index (χ1v) is 18.2. The van der Waals surface area contributed by atoms with E-state index in [1.54, 1.807) is 0 Å². The first-order chi connectivity index (χ1) is 24.3. The Morgan fingerprint density at radius 2 is 0.776 bits per heavy atom. The molecule has 49 heavy (non-hydrogen) atoms. The summed E-state index contributed by atoms with van der Waals surface area (Å²) in [5.41, 5.74) is 8.38. The van der Waals surface area contributed by atoms with Gasteiger partial charge in [0.25, 0.3) is 0 Å². The second-order valence-corrected chi connectivity index (χ2v) is 14.6. The Bertz CT molecular complexity index is 2740. The molecule has 0 saturated heterocycles. The molecule has 2 aromatic heterocycles. The van der Waals surface area contributed by atoms with Crippen LogP contribution in [0.15, 0.2) is 176 Å². The smallest absolute Gasteiger partial charge is 0.0555 e. The lowest BCUT2D eigenvalue weighted by Crippen LogP contribution is -2.12. The van der Waals surface area contributed by atoms with Gasteiger partial charge in [-0.1, -0.05) is 127 Å². The third kappa shape index (κ3) is 4.58. The Labute approximate surface area is 292 Å².